The highest BCUT2D eigenvalue weighted by molar-refractivity contribution is 5.19. The summed E-state index contributed by atoms with van der Waals surface area (Å²) < 4.78 is 26.0. The lowest BCUT2D eigenvalue weighted by Gasteiger charge is -2.33. The third kappa shape index (κ3) is 3.50. The van der Waals surface area contributed by atoms with Crippen LogP contribution in [0, 0.1) is 17.6 Å². The zero-order valence-electron chi connectivity index (χ0n) is 10.0. The Balaban J connectivity index is 2.02. The van der Waals surface area contributed by atoms with E-state index in [1.165, 1.54) is 18.6 Å². The van der Waals surface area contributed by atoms with Crippen molar-refractivity contribution in [2.45, 2.75) is 44.6 Å². The summed E-state index contributed by atoms with van der Waals surface area (Å²) in [4.78, 5) is 0. The predicted molar refractivity (Wildman–Crippen MR) is 62.6 cm³/mol. The van der Waals surface area contributed by atoms with Crippen LogP contribution < -0.4 is 0 Å². The molecule has 0 heterocycles. The fraction of sp³-hybridized carbons (Fsp3) is 0.571. The topological polar surface area (TPSA) is 20.2 Å². The third-order valence-corrected chi connectivity index (χ3v) is 3.46. The maximum atomic E-state index is 13.0. The molecular formula is C14H18F2O. The van der Waals surface area contributed by atoms with E-state index in [-0.39, 0.29) is 0 Å². The third-order valence-electron chi connectivity index (χ3n) is 3.46. The summed E-state index contributed by atoms with van der Waals surface area (Å²) in [5, 5.41) is 10.2. The standard InChI is InChI=1S/C14H18F2O/c1-14(17,8-10-3-2-4-10)9-11-5-12(15)7-13(16)6-11/h5-7,10,17H,2-4,8-9H2,1H3. The minimum atomic E-state index is -0.870. The van der Waals surface area contributed by atoms with Crippen LogP contribution in [0.1, 0.15) is 38.2 Å². The first-order valence-electron chi connectivity index (χ1n) is 6.12. The van der Waals surface area contributed by atoms with Gasteiger partial charge >= 0.3 is 0 Å². The minimum Gasteiger partial charge on any atom is -0.390 e. The summed E-state index contributed by atoms with van der Waals surface area (Å²) >= 11 is 0. The van der Waals surface area contributed by atoms with Crippen LogP contribution in [0.5, 0.6) is 0 Å². The SMILES string of the molecule is CC(O)(Cc1cc(F)cc(F)c1)CC1CCC1. The van der Waals surface area contributed by atoms with Crippen LogP contribution in [-0.4, -0.2) is 10.7 Å². The van der Waals surface area contributed by atoms with Gasteiger partial charge in [-0.3, -0.25) is 0 Å². The van der Waals surface area contributed by atoms with E-state index in [2.05, 4.69) is 0 Å². The summed E-state index contributed by atoms with van der Waals surface area (Å²) in [5.41, 5.74) is -0.350. The van der Waals surface area contributed by atoms with Crippen molar-refractivity contribution in [3.8, 4) is 0 Å². The van der Waals surface area contributed by atoms with E-state index in [1.807, 2.05) is 0 Å². The van der Waals surface area contributed by atoms with E-state index >= 15 is 0 Å². The number of hydrogen-bond acceptors (Lipinski definition) is 1. The Morgan fingerprint density at radius 2 is 1.82 bits per heavy atom. The lowest BCUT2D eigenvalue weighted by Crippen LogP contribution is -2.32. The molecule has 1 aromatic rings. The van der Waals surface area contributed by atoms with Crippen molar-refractivity contribution in [3.05, 3.63) is 35.4 Å². The van der Waals surface area contributed by atoms with Crippen LogP contribution in [0.25, 0.3) is 0 Å². The molecule has 1 atom stereocenters. The van der Waals surface area contributed by atoms with E-state index < -0.39 is 17.2 Å². The van der Waals surface area contributed by atoms with Gasteiger partial charge in [0.2, 0.25) is 0 Å². The molecular weight excluding hydrogens is 222 g/mol. The van der Waals surface area contributed by atoms with E-state index in [0.29, 0.717) is 24.3 Å². The van der Waals surface area contributed by atoms with Crippen molar-refractivity contribution in [2.75, 3.05) is 0 Å². The molecule has 1 aliphatic carbocycles. The molecule has 1 saturated carbocycles. The van der Waals surface area contributed by atoms with Crippen molar-refractivity contribution >= 4 is 0 Å². The van der Waals surface area contributed by atoms with Gasteiger partial charge in [-0.2, -0.15) is 0 Å². The first kappa shape index (κ1) is 12.5. The Morgan fingerprint density at radius 1 is 1.24 bits per heavy atom. The molecule has 1 N–H and O–H groups in total. The van der Waals surface area contributed by atoms with Crippen molar-refractivity contribution < 1.29 is 13.9 Å². The van der Waals surface area contributed by atoms with E-state index in [4.69, 9.17) is 0 Å². The van der Waals surface area contributed by atoms with Crippen molar-refractivity contribution in [1.82, 2.24) is 0 Å². The van der Waals surface area contributed by atoms with Gasteiger partial charge in [-0.15, -0.1) is 0 Å². The maximum Gasteiger partial charge on any atom is 0.126 e. The van der Waals surface area contributed by atoms with Gasteiger partial charge in [0.15, 0.2) is 0 Å². The first-order valence-corrected chi connectivity index (χ1v) is 6.12. The largest absolute Gasteiger partial charge is 0.390 e. The molecule has 0 saturated heterocycles. The number of aliphatic hydroxyl groups is 1. The van der Waals surface area contributed by atoms with Crippen LogP contribution in [0.15, 0.2) is 18.2 Å². The van der Waals surface area contributed by atoms with Gasteiger partial charge in [-0.1, -0.05) is 19.3 Å². The molecule has 0 spiro atoms. The maximum absolute atomic E-state index is 13.0. The van der Waals surface area contributed by atoms with Gasteiger partial charge in [0, 0.05) is 12.5 Å². The summed E-state index contributed by atoms with van der Waals surface area (Å²) in [6.45, 7) is 1.74. The Morgan fingerprint density at radius 3 is 2.29 bits per heavy atom. The monoisotopic (exact) mass is 240 g/mol. The van der Waals surface area contributed by atoms with Crippen molar-refractivity contribution in [3.63, 3.8) is 0 Å². The summed E-state index contributed by atoms with van der Waals surface area (Å²) in [6, 6.07) is 3.43. The normalized spacial score (nSPS) is 19.8. The van der Waals surface area contributed by atoms with Gasteiger partial charge in [0.05, 0.1) is 5.60 Å². The molecule has 0 aromatic heterocycles. The van der Waals surface area contributed by atoms with Crippen LogP contribution in [-0.2, 0) is 6.42 Å². The van der Waals surface area contributed by atoms with E-state index in [0.717, 1.165) is 18.9 Å². The molecule has 1 aromatic carbocycles. The second-order valence-electron chi connectivity index (χ2n) is 5.45. The summed E-state index contributed by atoms with van der Waals surface area (Å²) in [5.74, 6) is -0.595. The lowest BCUT2D eigenvalue weighted by molar-refractivity contribution is 0.0203. The molecule has 1 nitrogen and oxygen atoms in total. The highest BCUT2D eigenvalue weighted by Gasteiger charge is 2.29. The van der Waals surface area contributed by atoms with Crippen LogP contribution in [0.2, 0.25) is 0 Å². The molecule has 3 heteroatoms. The van der Waals surface area contributed by atoms with Crippen molar-refractivity contribution in [1.29, 1.82) is 0 Å². The lowest BCUT2D eigenvalue weighted by atomic mass is 9.76. The van der Waals surface area contributed by atoms with Gasteiger partial charge in [0.1, 0.15) is 11.6 Å². The Kier molecular flexibility index (Phi) is 3.48. The quantitative estimate of drug-likeness (QED) is 0.854. The van der Waals surface area contributed by atoms with E-state index in [9.17, 15) is 13.9 Å². The van der Waals surface area contributed by atoms with Crippen molar-refractivity contribution in [2.24, 2.45) is 5.92 Å². The van der Waals surface area contributed by atoms with Crippen LogP contribution >= 0.6 is 0 Å². The molecule has 0 bridgehead atoms. The molecule has 2 rings (SSSR count). The Hall–Kier alpha value is -0.960. The first-order chi connectivity index (χ1) is 7.94. The number of benzene rings is 1. The smallest absolute Gasteiger partial charge is 0.126 e. The number of rotatable bonds is 4. The Labute approximate surface area is 100 Å². The van der Waals surface area contributed by atoms with Gasteiger partial charge < -0.3 is 5.11 Å². The molecule has 0 amide bonds. The van der Waals surface area contributed by atoms with Crippen LogP contribution in [0.4, 0.5) is 8.78 Å². The zero-order valence-corrected chi connectivity index (χ0v) is 10.0. The molecule has 17 heavy (non-hydrogen) atoms. The molecule has 0 radical (unpaired) electrons. The average Bonchev–Trinajstić information content (AvgIpc) is 2.09. The van der Waals surface area contributed by atoms with Crippen LogP contribution in [0.3, 0.4) is 0 Å². The Bertz CT molecular complexity index is 377. The molecule has 94 valence electrons. The molecule has 1 fully saturated rings. The number of hydrogen-bond donors (Lipinski definition) is 1. The second-order valence-corrected chi connectivity index (χ2v) is 5.45. The second kappa shape index (κ2) is 4.73. The number of halogens is 2. The van der Waals surface area contributed by atoms with Gasteiger partial charge in [0.25, 0.3) is 0 Å². The fourth-order valence-corrected chi connectivity index (χ4v) is 2.54. The van der Waals surface area contributed by atoms with Gasteiger partial charge in [-0.05, 0) is 37.0 Å². The summed E-state index contributed by atoms with van der Waals surface area (Å²) in [7, 11) is 0. The molecule has 0 aliphatic heterocycles. The average molecular weight is 240 g/mol. The summed E-state index contributed by atoms with van der Waals surface area (Å²) in [6.07, 6.45) is 4.57. The highest BCUT2D eigenvalue weighted by atomic mass is 19.1. The predicted octanol–water partition coefficient (Wildman–Crippen LogP) is 3.45. The molecule has 1 aliphatic rings. The fourth-order valence-electron chi connectivity index (χ4n) is 2.54. The molecule has 1 unspecified atom stereocenters. The van der Waals surface area contributed by atoms with E-state index in [1.54, 1.807) is 6.92 Å². The highest BCUT2D eigenvalue weighted by Crippen LogP contribution is 2.34. The van der Waals surface area contributed by atoms with Gasteiger partial charge in [-0.25, -0.2) is 8.78 Å². The minimum absolute atomic E-state index is 0.304. The zero-order chi connectivity index (χ0) is 12.5.